The molecule has 3 fully saturated rings. The van der Waals surface area contributed by atoms with Gasteiger partial charge in [0.2, 0.25) is 5.91 Å². The van der Waals surface area contributed by atoms with Gasteiger partial charge in [0, 0.05) is 52.4 Å². The molecule has 3 aliphatic rings. The predicted molar refractivity (Wildman–Crippen MR) is 135 cm³/mol. The van der Waals surface area contributed by atoms with Crippen molar-refractivity contribution in [1.29, 1.82) is 0 Å². The quantitative estimate of drug-likeness (QED) is 0.321. The number of piperidine rings is 1. The molecule has 0 radical (unpaired) electrons. The van der Waals surface area contributed by atoms with Crippen LogP contribution in [0.5, 0.6) is 0 Å². The summed E-state index contributed by atoms with van der Waals surface area (Å²) < 4.78 is 0. The molecule has 1 unspecified atom stereocenters. The lowest BCUT2D eigenvalue weighted by Crippen LogP contribution is -2.57. The average Bonchev–Trinajstić information content (AvgIpc) is 3.28. The number of aliphatic imine (C=N–C) groups is 1. The molecule has 0 saturated carbocycles. The molecule has 3 heterocycles. The maximum absolute atomic E-state index is 12.7. The van der Waals surface area contributed by atoms with Crippen molar-refractivity contribution in [3.63, 3.8) is 0 Å². The molecule has 3 saturated heterocycles. The third-order valence-electron chi connectivity index (χ3n) is 6.83. The van der Waals surface area contributed by atoms with E-state index < -0.39 is 0 Å². The van der Waals surface area contributed by atoms with E-state index in [1.54, 1.807) is 0 Å². The molecule has 0 bridgehead atoms. The number of rotatable bonds is 6. The molecule has 7 nitrogen and oxygen atoms in total. The third kappa shape index (κ3) is 7.22. The van der Waals surface area contributed by atoms with Gasteiger partial charge in [-0.25, -0.2) is 0 Å². The van der Waals surface area contributed by atoms with Gasteiger partial charge in [-0.15, -0.1) is 24.0 Å². The molecule has 0 aliphatic carbocycles. The molecule has 0 aromatic carbocycles. The minimum Gasteiger partial charge on any atom is -0.357 e. The molecule has 1 atom stereocenters. The maximum atomic E-state index is 12.7. The zero-order chi connectivity index (χ0) is 20.6. The highest BCUT2D eigenvalue weighted by molar-refractivity contribution is 14.0. The molecule has 1 N–H and O–H groups in total. The van der Waals surface area contributed by atoms with E-state index >= 15 is 0 Å². The smallest absolute Gasteiger partial charge is 0.239 e. The molecular weight excluding hydrogens is 491 g/mol. The van der Waals surface area contributed by atoms with Crippen molar-refractivity contribution in [1.82, 2.24) is 24.9 Å². The van der Waals surface area contributed by atoms with Gasteiger partial charge in [-0.05, 0) is 58.5 Å². The summed E-state index contributed by atoms with van der Waals surface area (Å²) in [5.41, 5.74) is 0. The zero-order valence-corrected chi connectivity index (χ0v) is 21.6. The van der Waals surface area contributed by atoms with Gasteiger partial charge in [0.15, 0.2) is 5.96 Å². The topological polar surface area (TPSA) is 54.4 Å². The van der Waals surface area contributed by atoms with E-state index in [1.165, 1.54) is 25.9 Å². The van der Waals surface area contributed by atoms with Crippen LogP contribution in [-0.2, 0) is 4.79 Å². The average molecular weight is 535 g/mol. The molecule has 0 aromatic rings. The van der Waals surface area contributed by atoms with E-state index in [1.807, 2.05) is 4.90 Å². The molecule has 1 amide bonds. The molecule has 174 valence electrons. The van der Waals surface area contributed by atoms with Crippen LogP contribution in [0.3, 0.4) is 0 Å². The number of carbonyl (C=O) groups is 1. The van der Waals surface area contributed by atoms with Crippen molar-refractivity contribution < 1.29 is 4.79 Å². The number of piperazine rings is 1. The van der Waals surface area contributed by atoms with Crippen molar-refractivity contribution in [3.05, 3.63) is 0 Å². The predicted octanol–water partition coefficient (Wildman–Crippen LogP) is 1.93. The lowest BCUT2D eigenvalue weighted by molar-refractivity contribution is -0.135. The van der Waals surface area contributed by atoms with Gasteiger partial charge in [0.05, 0.1) is 12.6 Å². The largest absolute Gasteiger partial charge is 0.357 e. The van der Waals surface area contributed by atoms with Crippen LogP contribution in [0.2, 0.25) is 0 Å². The van der Waals surface area contributed by atoms with Crippen LogP contribution in [0.4, 0.5) is 0 Å². The number of hydrogen-bond acceptors (Lipinski definition) is 4. The van der Waals surface area contributed by atoms with E-state index in [2.05, 4.69) is 40.8 Å². The SMILES string of the molecule is CCNC(=NCCN1CCC(C)CC1)N1CCN(C(C)C(=O)N2CCCC2)CC1.I. The van der Waals surface area contributed by atoms with Crippen molar-refractivity contribution in [2.24, 2.45) is 10.9 Å². The maximum Gasteiger partial charge on any atom is 0.239 e. The van der Waals surface area contributed by atoms with E-state index in [0.29, 0.717) is 5.91 Å². The van der Waals surface area contributed by atoms with Crippen LogP contribution in [0, 0.1) is 5.92 Å². The minimum atomic E-state index is -0.00346. The van der Waals surface area contributed by atoms with Crippen LogP contribution in [0.25, 0.3) is 0 Å². The first kappa shape index (κ1) is 25.6. The van der Waals surface area contributed by atoms with Crippen molar-refractivity contribution in [2.45, 2.75) is 52.5 Å². The van der Waals surface area contributed by atoms with E-state index in [4.69, 9.17) is 4.99 Å². The summed E-state index contributed by atoms with van der Waals surface area (Å²) in [7, 11) is 0. The monoisotopic (exact) mass is 534 g/mol. The normalized spacial score (nSPS) is 23.4. The number of likely N-dealkylation sites (tertiary alicyclic amines) is 2. The Morgan fingerprint density at radius 1 is 1.00 bits per heavy atom. The highest BCUT2D eigenvalue weighted by Crippen LogP contribution is 2.16. The zero-order valence-electron chi connectivity index (χ0n) is 19.3. The van der Waals surface area contributed by atoms with Gasteiger partial charge in [-0.3, -0.25) is 14.7 Å². The second kappa shape index (κ2) is 13.1. The fraction of sp³-hybridized carbons (Fsp3) is 0.909. The molecule has 3 aliphatic heterocycles. The van der Waals surface area contributed by atoms with Crippen LogP contribution >= 0.6 is 24.0 Å². The number of nitrogens with one attached hydrogen (secondary N) is 1. The molecule has 0 spiro atoms. The number of amides is 1. The van der Waals surface area contributed by atoms with Gasteiger partial charge in [-0.1, -0.05) is 6.92 Å². The number of guanidine groups is 1. The lowest BCUT2D eigenvalue weighted by atomic mass is 9.99. The first-order valence-corrected chi connectivity index (χ1v) is 11.9. The molecule has 8 heteroatoms. The second-order valence-corrected chi connectivity index (χ2v) is 8.99. The molecular formula is C22H43IN6O. The van der Waals surface area contributed by atoms with E-state index in [9.17, 15) is 4.79 Å². The Morgan fingerprint density at radius 2 is 1.63 bits per heavy atom. The van der Waals surface area contributed by atoms with Crippen molar-refractivity contribution in [2.75, 3.05) is 72.0 Å². The summed E-state index contributed by atoms with van der Waals surface area (Å²) in [6, 6.07) is -0.00346. The lowest BCUT2D eigenvalue weighted by Gasteiger charge is -2.39. The number of hydrogen-bond donors (Lipinski definition) is 1. The van der Waals surface area contributed by atoms with Crippen LogP contribution < -0.4 is 5.32 Å². The first-order valence-electron chi connectivity index (χ1n) is 11.9. The molecule has 0 aromatic heterocycles. The van der Waals surface area contributed by atoms with Gasteiger partial charge < -0.3 is 20.0 Å². The first-order chi connectivity index (χ1) is 14.1. The number of halogens is 1. The highest BCUT2D eigenvalue weighted by Gasteiger charge is 2.30. The van der Waals surface area contributed by atoms with Crippen LogP contribution in [-0.4, -0.2) is 110 Å². The van der Waals surface area contributed by atoms with E-state index in [0.717, 1.165) is 83.6 Å². The standard InChI is InChI=1S/C22H42N6O.HI/c1-4-23-22(24-9-14-25-12-7-19(2)8-13-25)28-17-15-26(16-18-28)20(3)21(29)27-10-5-6-11-27;/h19-20H,4-18H2,1-3H3,(H,23,24);1H. The van der Waals surface area contributed by atoms with Crippen molar-refractivity contribution in [3.8, 4) is 0 Å². The van der Waals surface area contributed by atoms with Gasteiger partial charge >= 0.3 is 0 Å². The minimum absolute atomic E-state index is 0. The summed E-state index contributed by atoms with van der Waals surface area (Å²) >= 11 is 0. The third-order valence-corrected chi connectivity index (χ3v) is 6.83. The Kier molecular flexibility index (Phi) is 11.2. The summed E-state index contributed by atoms with van der Waals surface area (Å²) in [5, 5.41) is 3.47. The summed E-state index contributed by atoms with van der Waals surface area (Å²) in [6.07, 6.45) is 4.95. The van der Waals surface area contributed by atoms with Crippen LogP contribution in [0.1, 0.15) is 46.5 Å². The Hall–Kier alpha value is -0.610. The van der Waals surface area contributed by atoms with E-state index in [-0.39, 0.29) is 30.0 Å². The Labute approximate surface area is 200 Å². The Bertz CT molecular complexity index is 538. The Morgan fingerprint density at radius 3 is 2.23 bits per heavy atom. The van der Waals surface area contributed by atoms with Gasteiger partial charge in [0.25, 0.3) is 0 Å². The number of nitrogens with zero attached hydrogens (tertiary/aromatic N) is 5. The molecule has 30 heavy (non-hydrogen) atoms. The Balaban J connectivity index is 0.00000320. The number of carbonyl (C=O) groups excluding carboxylic acids is 1. The fourth-order valence-corrected chi connectivity index (χ4v) is 4.69. The highest BCUT2D eigenvalue weighted by atomic mass is 127. The second-order valence-electron chi connectivity index (χ2n) is 8.99. The van der Waals surface area contributed by atoms with Crippen LogP contribution in [0.15, 0.2) is 4.99 Å². The molecule has 3 rings (SSSR count). The van der Waals surface area contributed by atoms with Gasteiger partial charge in [-0.2, -0.15) is 0 Å². The summed E-state index contributed by atoms with van der Waals surface area (Å²) in [5.74, 6) is 2.23. The van der Waals surface area contributed by atoms with Gasteiger partial charge in [0.1, 0.15) is 0 Å². The fourth-order valence-electron chi connectivity index (χ4n) is 4.69. The van der Waals surface area contributed by atoms with Crippen molar-refractivity contribution >= 4 is 35.8 Å². The summed E-state index contributed by atoms with van der Waals surface area (Å²) in [6.45, 7) is 17.4. The summed E-state index contributed by atoms with van der Waals surface area (Å²) in [4.78, 5) is 26.9.